The van der Waals surface area contributed by atoms with E-state index in [0.29, 0.717) is 39.2 Å². The van der Waals surface area contributed by atoms with Gasteiger partial charge >= 0.3 is 12.4 Å². The molecule has 1 unspecified atom stereocenters. The van der Waals surface area contributed by atoms with Crippen molar-refractivity contribution >= 4 is 35.1 Å². The maximum atomic E-state index is 12.8. The van der Waals surface area contributed by atoms with Gasteiger partial charge in [0.15, 0.2) is 0 Å². The lowest BCUT2D eigenvalue weighted by molar-refractivity contribution is -0.336. The van der Waals surface area contributed by atoms with Gasteiger partial charge in [0.05, 0.1) is 40.5 Å². The predicted octanol–water partition coefficient (Wildman–Crippen LogP) is 4.23. The molecule has 2 heterocycles. The summed E-state index contributed by atoms with van der Waals surface area (Å²) in [6.07, 6.45) is -1.92. The van der Waals surface area contributed by atoms with E-state index in [1.807, 2.05) is 0 Å². The van der Waals surface area contributed by atoms with Crippen LogP contribution in [-0.4, -0.2) is 45.6 Å². The maximum Gasteiger partial charge on any atom is 0.523 e. The van der Waals surface area contributed by atoms with Crippen LogP contribution in [-0.2, 0) is 17.8 Å². The molecule has 1 atom stereocenters. The third kappa shape index (κ3) is 5.21. The van der Waals surface area contributed by atoms with E-state index in [1.165, 1.54) is 23.1 Å². The molecule has 0 radical (unpaired) electrons. The van der Waals surface area contributed by atoms with Crippen molar-refractivity contribution in [3.63, 3.8) is 0 Å². The number of carbonyl (C=O) groups excluding carboxylic acids is 2. The Morgan fingerprint density at radius 3 is 2.59 bits per heavy atom. The number of carbonyl (C=O) groups is 2. The van der Waals surface area contributed by atoms with Gasteiger partial charge in [-0.05, 0) is 24.6 Å². The van der Waals surface area contributed by atoms with Gasteiger partial charge in [-0.2, -0.15) is 5.10 Å². The first-order chi connectivity index (χ1) is 16.0. The van der Waals surface area contributed by atoms with Crippen molar-refractivity contribution < 1.29 is 27.5 Å². The van der Waals surface area contributed by atoms with E-state index in [1.54, 1.807) is 22.9 Å². The standard InChI is InChI=1S/C21H18Cl2F3N5O3/c22-14-6-1-11(9-15(14)23)18-17(19(27)32)16-10-30(7-8-31(16)29-18)20(33)28-12-2-4-13(5-3-12)34-21(24,25)26/h1-4,6,9,13H,5,7-8,10H2,(H2,27,32)(H,28,33). The Kier molecular flexibility index (Phi) is 6.61. The van der Waals surface area contributed by atoms with Gasteiger partial charge < -0.3 is 16.0 Å². The van der Waals surface area contributed by atoms with E-state index in [2.05, 4.69) is 15.2 Å². The first-order valence-electron chi connectivity index (χ1n) is 10.1. The van der Waals surface area contributed by atoms with Crippen LogP contribution in [0.15, 0.2) is 42.1 Å². The zero-order chi connectivity index (χ0) is 24.6. The molecule has 1 aromatic heterocycles. The number of nitrogens with one attached hydrogen (secondary N) is 1. The van der Waals surface area contributed by atoms with Crippen LogP contribution >= 0.6 is 23.2 Å². The quantitative estimate of drug-likeness (QED) is 0.635. The zero-order valence-corrected chi connectivity index (χ0v) is 18.9. The number of allylic oxidation sites excluding steroid dienone is 1. The van der Waals surface area contributed by atoms with Crippen molar-refractivity contribution in [3.8, 4) is 11.3 Å². The number of urea groups is 1. The molecule has 4 rings (SSSR count). The van der Waals surface area contributed by atoms with E-state index in [-0.39, 0.29) is 25.1 Å². The van der Waals surface area contributed by atoms with Crippen LogP contribution in [0.3, 0.4) is 0 Å². The van der Waals surface area contributed by atoms with Crippen molar-refractivity contribution in [1.29, 1.82) is 0 Å². The second-order valence-electron chi connectivity index (χ2n) is 7.59. The smallest absolute Gasteiger partial charge is 0.365 e. The number of amides is 3. The number of alkyl halides is 3. The fraction of sp³-hybridized carbons (Fsp3) is 0.286. The van der Waals surface area contributed by atoms with Crippen LogP contribution < -0.4 is 11.1 Å². The molecule has 0 fully saturated rings. The Labute approximate surface area is 201 Å². The molecule has 34 heavy (non-hydrogen) atoms. The molecule has 180 valence electrons. The van der Waals surface area contributed by atoms with Gasteiger partial charge in [-0.25, -0.2) is 4.79 Å². The van der Waals surface area contributed by atoms with Crippen LogP contribution in [0.2, 0.25) is 10.0 Å². The number of fused-ring (bicyclic) bond motifs is 1. The second kappa shape index (κ2) is 9.32. The molecule has 0 saturated heterocycles. The first kappa shape index (κ1) is 24.1. The minimum absolute atomic E-state index is 0.0444. The first-order valence-corrected chi connectivity index (χ1v) is 10.8. The molecule has 3 amide bonds. The molecular formula is C21H18Cl2F3N5O3. The summed E-state index contributed by atoms with van der Waals surface area (Å²) in [7, 11) is 0. The van der Waals surface area contributed by atoms with Gasteiger partial charge in [0.1, 0.15) is 5.69 Å². The van der Waals surface area contributed by atoms with Gasteiger partial charge in [-0.1, -0.05) is 41.4 Å². The van der Waals surface area contributed by atoms with E-state index < -0.39 is 24.4 Å². The molecule has 1 aliphatic carbocycles. The number of hydrogen-bond acceptors (Lipinski definition) is 4. The highest BCUT2D eigenvalue weighted by Crippen LogP contribution is 2.32. The summed E-state index contributed by atoms with van der Waals surface area (Å²) in [5, 5.41) is 7.78. The summed E-state index contributed by atoms with van der Waals surface area (Å²) in [5.74, 6) is -0.710. The third-order valence-electron chi connectivity index (χ3n) is 5.30. The van der Waals surface area contributed by atoms with Crippen molar-refractivity contribution in [3.05, 3.63) is 63.4 Å². The third-order valence-corrected chi connectivity index (χ3v) is 6.04. The molecule has 0 saturated carbocycles. The number of benzene rings is 1. The highest BCUT2D eigenvalue weighted by Gasteiger charge is 2.33. The summed E-state index contributed by atoms with van der Waals surface area (Å²) in [5.41, 5.74) is 7.49. The Hall–Kier alpha value is -3.02. The molecule has 2 aromatic rings. The van der Waals surface area contributed by atoms with Crippen molar-refractivity contribution in [2.75, 3.05) is 6.54 Å². The maximum absolute atomic E-state index is 12.8. The van der Waals surface area contributed by atoms with E-state index in [9.17, 15) is 22.8 Å². The molecule has 2 aliphatic rings. The topological polar surface area (TPSA) is 102 Å². The lowest BCUT2D eigenvalue weighted by Gasteiger charge is -2.29. The molecule has 1 aromatic carbocycles. The summed E-state index contributed by atoms with van der Waals surface area (Å²) in [6, 6.07) is 4.34. The Morgan fingerprint density at radius 1 is 1.21 bits per heavy atom. The Balaban J connectivity index is 1.50. The SMILES string of the molecule is NC(=O)c1c(-c2ccc(Cl)c(Cl)c2)nn2c1CN(C(=O)NC1=CCC(OC(F)(F)F)C=C1)CC2. The van der Waals surface area contributed by atoms with Gasteiger partial charge in [0.25, 0.3) is 5.91 Å². The van der Waals surface area contributed by atoms with E-state index in [4.69, 9.17) is 28.9 Å². The Bertz CT molecular complexity index is 1210. The number of aromatic nitrogens is 2. The minimum Gasteiger partial charge on any atom is -0.365 e. The number of ether oxygens (including phenoxy) is 1. The molecule has 1 aliphatic heterocycles. The van der Waals surface area contributed by atoms with Crippen LogP contribution in [0.5, 0.6) is 0 Å². The average molecular weight is 516 g/mol. The second-order valence-corrected chi connectivity index (χ2v) is 8.41. The van der Waals surface area contributed by atoms with Gasteiger partial charge in [0, 0.05) is 17.8 Å². The monoisotopic (exact) mass is 515 g/mol. The molecule has 0 bridgehead atoms. The van der Waals surface area contributed by atoms with Crippen LogP contribution in [0, 0.1) is 0 Å². The average Bonchev–Trinajstić information content (AvgIpc) is 3.15. The van der Waals surface area contributed by atoms with Crippen molar-refractivity contribution in [1.82, 2.24) is 20.0 Å². The summed E-state index contributed by atoms with van der Waals surface area (Å²) in [6.45, 7) is 0.645. The van der Waals surface area contributed by atoms with Crippen LogP contribution in [0.1, 0.15) is 22.5 Å². The van der Waals surface area contributed by atoms with Gasteiger partial charge in [-0.3, -0.25) is 14.2 Å². The number of primary amides is 1. The number of nitrogens with two attached hydrogens (primary N) is 1. The van der Waals surface area contributed by atoms with Crippen LogP contribution in [0.25, 0.3) is 11.3 Å². The normalized spacial score (nSPS) is 17.9. The fourth-order valence-electron chi connectivity index (χ4n) is 3.75. The fourth-order valence-corrected chi connectivity index (χ4v) is 4.05. The predicted molar refractivity (Wildman–Crippen MR) is 118 cm³/mol. The van der Waals surface area contributed by atoms with Crippen molar-refractivity contribution in [2.24, 2.45) is 5.73 Å². The largest absolute Gasteiger partial charge is 0.523 e. The lowest BCUT2D eigenvalue weighted by atomic mass is 10.0. The van der Waals surface area contributed by atoms with E-state index >= 15 is 0 Å². The highest BCUT2D eigenvalue weighted by atomic mass is 35.5. The zero-order valence-electron chi connectivity index (χ0n) is 17.4. The van der Waals surface area contributed by atoms with Gasteiger partial charge in [-0.15, -0.1) is 13.2 Å². The van der Waals surface area contributed by atoms with Crippen LogP contribution in [0.4, 0.5) is 18.0 Å². The molecule has 13 heteroatoms. The van der Waals surface area contributed by atoms with E-state index in [0.717, 1.165) is 0 Å². The molecule has 0 spiro atoms. The summed E-state index contributed by atoms with van der Waals surface area (Å²) >= 11 is 12.1. The Morgan fingerprint density at radius 2 is 1.97 bits per heavy atom. The highest BCUT2D eigenvalue weighted by molar-refractivity contribution is 6.42. The molecular weight excluding hydrogens is 498 g/mol. The minimum atomic E-state index is -4.74. The number of halogens is 5. The summed E-state index contributed by atoms with van der Waals surface area (Å²) in [4.78, 5) is 26.5. The summed E-state index contributed by atoms with van der Waals surface area (Å²) < 4.78 is 42.6. The lowest BCUT2D eigenvalue weighted by Crippen LogP contribution is -2.44. The number of rotatable bonds is 4. The molecule has 3 N–H and O–H groups in total. The molecule has 8 nitrogen and oxygen atoms in total. The number of nitrogens with zero attached hydrogens (tertiary/aromatic N) is 3. The van der Waals surface area contributed by atoms with Crippen molar-refractivity contribution in [2.45, 2.75) is 32.0 Å². The van der Waals surface area contributed by atoms with Gasteiger partial charge in [0.2, 0.25) is 0 Å². The number of hydrogen-bond donors (Lipinski definition) is 2.